The number of aryl methyl sites for hydroxylation is 2. The average molecular weight is 383 g/mol. The number of halogens is 1. The summed E-state index contributed by atoms with van der Waals surface area (Å²) in [6, 6.07) is 14.3. The maximum absolute atomic E-state index is 12.6. The van der Waals surface area contributed by atoms with Gasteiger partial charge in [0.2, 0.25) is 0 Å². The fourth-order valence-electron chi connectivity index (χ4n) is 2.52. The molecule has 0 unspecified atom stereocenters. The van der Waals surface area contributed by atoms with Crippen molar-refractivity contribution in [3.05, 3.63) is 70.6 Å². The van der Waals surface area contributed by atoms with Gasteiger partial charge in [0, 0.05) is 22.5 Å². The molecule has 138 valence electrons. The van der Waals surface area contributed by atoms with Crippen molar-refractivity contribution in [3.8, 4) is 5.75 Å². The lowest BCUT2D eigenvalue weighted by Gasteiger charge is -2.11. The minimum atomic E-state index is -0.316. The number of ether oxygens (including phenoxy) is 1. The molecular formula is C20H19ClN4O2. The SMILES string of the molecule is COc1ccc(Nc2cc(C(=O)Nc3ccc(Cl)cc3C)nc(C)n2)cc1. The summed E-state index contributed by atoms with van der Waals surface area (Å²) in [6.07, 6.45) is 0. The summed E-state index contributed by atoms with van der Waals surface area (Å²) in [5.74, 6) is 1.47. The molecule has 0 saturated carbocycles. The fraction of sp³-hybridized carbons (Fsp3) is 0.150. The van der Waals surface area contributed by atoms with Crippen LogP contribution in [0.2, 0.25) is 5.02 Å². The maximum Gasteiger partial charge on any atom is 0.274 e. The van der Waals surface area contributed by atoms with Crippen LogP contribution >= 0.6 is 11.6 Å². The summed E-state index contributed by atoms with van der Waals surface area (Å²) in [4.78, 5) is 21.2. The number of benzene rings is 2. The van der Waals surface area contributed by atoms with Gasteiger partial charge in [0.15, 0.2) is 0 Å². The number of carbonyl (C=O) groups excluding carboxylic acids is 1. The summed E-state index contributed by atoms with van der Waals surface area (Å²) in [5.41, 5.74) is 2.66. The van der Waals surface area contributed by atoms with Gasteiger partial charge in [0.05, 0.1) is 7.11 Å². The lowest BCUT2D eigenvalue weighted by Crippen LogP contribution is -2.16. The van der Waals surface area contributed by atoms with Crippen LogP contribution in [0.15, 0.2) is 48.5 Å². The molecule has 0 fully saturated rings. The second-order valence-corrected chi connectivity index (χ2v) is 6.39. The first-order valence-corrected chi connectivity index (χ1v) is 8.66. The Bertz CT molecular complexity index is 974. The highest BCUT2D eigenvalue weighted by atomic mass is 35.5. The minimum Gasteiger partial charge on any atom is -0.497 e. The molecule has 27 heavy (non-hydrogen) atoms. The molecule has 3 aromatic rings. The molecule has 1 amide bonds. The van der Waals surface area contributed by atoms with Gasteiger partial charge in [-0.1, -0.05) is 11.6 Å². The summed E-state index contributed by atoms with van der Waals surface area (Å²) in [7, 11) is 1.61. The summed E-state index contributed by atoms with van der Waals surface area (Å²) >= 11 is 5.96. The first-order valence-electron chi connectivity index (χ1n) is 8.29. The number of hydrogen-bond acceptors (Lipinski definition) is 5. The van der Waals surface area contributed by atoms with Crippen LogP contribution in [0.3, 0.4) is 0 Å². The van der Waals surface area contributed by atoms with Crippen LogP contribution in [0.25, 0.3) is 0 Å². The molecule has 0 spiro atoms. The molecule has 0 saturated heterocycles. The predicted octanol–water partition coefficient (Wildman–Crippen LogP) is 4.75. The van der Waals surface area contributed by atoms with Crippen molar-refractivity contribution in [2.75, 3.05) is 17.7 Å². The lowest BCUT2D eigenvalue weighted by atomic mass is 10.2. The molecule has 2 aromatic carbocycles. The van der Waals surface area contributed by atoms with Gasteiger partial charge < -0.3 is 15.4 Å². The third kappa shape index (κ3) is 4.74. The highest BCUT2D eigenvalue weighted by Gasteiger charge is 2.12. The molecule has 2 N–H and O–H groups in total. The third-order valence-electron chi connectivity index (χ3n) is 3.87. The summed E-state index contributed by atoms with van der Waals surface area (Å²) in [5, 5.41) is 6.64. The van der Waals surface area contributed by atoms with Crippen molar-refractivity contribution in [2.24, 2.45) is 0 Å². The number of aromatic nitrogens is 2. The lowest BCUT2D eigenvalue weighted by molar-refractivity contribution is 0.102. The van der Waals surface area contributed by atoms with E-state index in [1.807, 2.05) is 31.2 Å². The zero-order valence-corrected chi connectivity index (χ0v) is 16.0. The van der Waals surface area contributed by atoms with E-state index in [0.717, 1.165) is 17.0 Å². The number of carbonyl (C=O) groups is 1. The maximum atomic E-state index is 12.6. The van der Waals surface area contributed by atoms with Crippen LogP contribution in [0.5, 0.6) is 5.75 Å². The number of methoxy groups -OCH3 is 1. The first kappa shape index (κ1) is 18.7. The molecule has 0 bridgehead atoms. The zero-order chi connectivity index (χ0) is 19.4. The predicted molar refractivity (Wildman–Crippen MR) is 107 cm³/mol. The monoisotopic (exact) mass is 382 g/mol. The van der Waals surface area contributed by atoms with Crippen LogP contribution in [-0.4, -0.2) is 23.0 Å². The molecular weight excluding hydrogens is 364 g/mol. The normalized spacial score (nSPS) is 10.4. The van der Waals surface area contributed by atoms with Gasteiger partial charge in [-0.2, -0.15) is 0 Å². The van der Waals surface area contributed by atoms with Gasteiger partial charge in [0.1, 0.15) is 23.1 Å². The first-order chi connectivity index (χ1) is 12.9. The Hall–Kier alpha value is -3.12. The van der Waals surface area contributed by atoms with Crippen molar-refractivity contribution in [1.82, 2.24) is 9.97 Å². The standard InChI is InChI=1S/C20H19ClN4O2/c1-12-10-14(21)4-9-17(12)25-20(26)18-11-19(23-13(2)22-18)24-15-5-7-16(27-3)8-6-15/h4-11H,1-3H3,(H,25,26)(H,22,23,24). The molecule has 3 rings (SSSR count). The molecule has 0 aliphatic heterocycles. The number of nitrogens with one attached hydrogen (secondary N) is 2. The van der Waals surface area contributed by atoms with E-state index in [4.69, 9.17) is 16.3 Å². The van der Waals surface area contributed by atoms with Gasteiger partial charge >= 0.3 is 0 Å². The quantitative estimate of drug-likeness (QED) is 0.665. The Balaban J connectivity index is 1.80. The smallest absolute Gasteiger partial charge is 0.274 e. The van der Waals surface area contributed by atoms with Crippen LogP contribution in [0, 0.1) is 13.8 Å². The Morgan fingerprint density at radius 3 is 2.44 bits per heavy atom. The fourth-order valence-corrected chi connectivity index (χ4v) is 2.75. The molecule has 1 aromatic heterocycles. The van der Waals surface area contributed by atoms with E-state index in [-0.39, 0.29) is 11.6 Å². The third-order valence-corrected chi connectivity index (χ3v) is 4.10. The summed E-state index contributed by atoms with van der Waals surface area (Å²) < 4.78 is 5.15. The highest BCUT2D eigenvalue weighted by Crippen LogP contribution is 2.22. The zero-order valence-electron chi connectivity index (χ0n) is 15.2. The van der Waals surface area contributed by atoms with Gasteiger partial charge in [-0.15, -0.1) is 0 Å². The number of amides is 1. The largest absolute Gasteiger partial charge is 0.497 e. The molecule has 6 nitrogen and oxygen atoms in total. The molecule has 1 heterocycles. The van der Waals surface area contributed by atoms with Crippen LogP contribution in [0.4, 0.5) is 17.2 Å². The minimum absolute atomic E-state index is 0.271. The molecule has 0 aliphatic rings. The van der Waals surface area contributed by atoms with E-state index < -0.39 is 0 Å². The Morgan fingerprint density at radius 2 is 1.78 bits per heavy atom. The Morgan fingerprint density at radius 1 is 1.04 bits per heavy atom. The van der Waals surface area contributed by atoms with Crippen molar-refractivity contribution < 1.29 is 9.53 Å². The van der Waals surface area contributed by atoms with Crippen LogP contribution < -0.4 is 15.4 Å². The van der Waals surface area contributed by atoms with Gasteiger partial charge in [0.25, 0.3) is 5.91 Å². The number of anilines is 3. The van der Waals surface area contributed by atoms with Crippen molar-refractivity contribution >= 4 is 34.7 Å². The molecule has 0 radical (unpaired) electrons. The van der Waals surface area contributed by atoms with Crippen LogP contribution in [0.1, 0.15) is 21.9 Å². The molecule has 0 atom stereocenters. The molecule has 7 heteroatoms. The van der Waals surface area contributed by atoms with E-state index >= 15 is 0 Å². The summed E-state index contributed by atoms with van der Waals surface area (Å²) in [6.45, 7) is 3.62. The van der Waals surface area contributed by atoms with Crippen molar-refractivity contribution in [2.45, 2.75) is 13.8 Å². The second kappa shape index (κ2) is 8.05. The van der Waals surface area contributed by atoms with Crippen LogP contribution in [-0.2, 0) is 0 Å². The van der Waals surface area contributed by atoms with Crippen molar-refractivity contribution in [1.29, 1.82) is 0 Å². The number of nitrogens with zero attached hydrogens (tertiary/aromatic N) is 2. The van der Waals surface area contributed by atoms with E-state index in [1.165, 1.54) is 0 Å². The topological polar surface area (TPSA) is 76.1 Å². The van der Waals surface area contributed by atoms with E-state index in [1.54, 1.807) is 38.3 Å². The second-order valence-electron chi connectivity index (χ2n) is 5.95. The van der Waals surface area contributed by atoms with Gasteiger partial charge in [-0.05, 0) is 61.9 Å². The van der Waals surface area contributed by atoms with E-state index in [9.17, 15) is 4.79 Å². The number of hydrogen-bond donors (Lipinski definition) is 2. The average Bonchev–Trinajstić information content (AvgIpc) is 2.64. The van der Waals surface area contributed by atoms with E-state index in [2.05, 4.69) is 20.6 Å². The Kier molecular flexibility index (Phi) is 5.57. The van der Waals surface area contributed by atoms with E-state index in [0.29, 0.717) is 22.4 Å². The van der Waals surface area contributed by atoms with Crippen molar-refractivity contribution in [3.63, 3.8) is 0 Å². The molecule has 0 aliphatic carbocycles. The number of rotatable bonds is 5. The Labute approximate surface area is 162 Å². The van der Waals surface area contributed by atoms with Gasteiger partial charge in [-0.3, -0.25) is 4.79 Å². The highest BCUT2D eigenvalue weighted by molar-refractivity contribution is 6.30. The van der Waals surface area contributed by atoms with Gasteiger partial charge in [-0.25, -0.2) is 9.97 Å².